The number of guanidine groups is 2. The number of para-hydroxylation sites is 2. The molecule has 2 heterocycles. The molecule has 0 saturated heterocycles. The van der Waals surface area contributed by atoms with Gasteiger partial charge in [0.05, 0.1) is 22.2 Å². The normalized spacial score (nSPS) is 12.2. The van der Waals surface area contributed by atoms with E-state index in [1.807, 2.05) is 0 Å². The fraction of sp³-hybridized carbons (Fsp3) is 0.158. The first-order valence-corrected chi connectivity index (χ1v) is 16.9. The van der Waals surface area contributed by atoms with Crippen LogP contribution in [0.2, 0.25) is 0 Å². The van der Waals surface area contributed by atoms with E-state index in [-0.39, 0.29) is 69.7 Å². The molecule has 0 fully saturated rings. The van der Waals surface area contributed by atoms with Gasteiger partial charge in [0.25, 0.3) is 11.8 Å². The van der Waals surface area contributed by atoms with Gasteiger partial charge in [-0.2, -0.15) is 26.3 Å². The number of fused-ring (bicyclic) bond motifs is 2. The number of amides is 2. The predicted molar refractivity (Wildman–Crippen MR) is 205 cm³/mol. The highest BCUT2D eigenvalue weighted by molar-refractivity contribution is 6.08. The Morgan fingerprint density at radius 3 is 1.66 bits per heavy atom. The van der Waals surface area contributed by atoms with Crippen LogP contribution in [0.3, 0.4) is 0 Å². The van der Waals surface area contributed by atoms with Gasteiger partial charge >= 0.3 is 12.4 Å². The van der Waals surface area contributed by atoms with Crippen molar-refractivity contribution < 1.29 is 45.4 Å². The molecule has 0 atom stereocenters. The monoisotopic (exact) mass is 810 g/mol. The zero-order valence-corrected chi connectivity index (χ0v) is 30.6. The Kier molecular flexibility index (Phi) is 12.6. The van der Waals surface area contributed by atoms with E-state index in [2.05, 4.69) is 30.6 Å². The summed E-state index contributed by atoms with van der Waals surface area (Å²) in [5, 5.41) is 4.15. The molecule has 0 saturated carbocycles. The summed E-state index contributed by atoms with van der Waals surface area (Å²) in [5.74, 6) is -0.957. The van der Waals surface area contributed by atoms with Gasteiger partial charge in [0.15, 0.2) is 17.7 Å². The fourth-order valence-corrected chi connectivity index (χ4v) is 5.54. The van der Waals surface area contributed by atoms with E-state index >= 15 is 0 Å². The lowest BCUT2D eigenvalue weighted by molar-refractivity contribution is -0.137. The van der Waals surface area contributed by atoms with Crippen molar-refractivity contribution in [2.75, 3.05) is 14.1 Å². The van der Waals surface area contributed by atoms with Crippen LogP contribution < -0.4 is 43.0 Å². The van der Waals surface area contributed by atoms with Gasteiger partial charge in [-0.05, 0) is 42.5 Å². The smallest absolute Gasteiger partial charge is 0.417 e. The van der Waals surface area contributed by atoms with Crippen LogP contribution in [0.15, 0.2) is 94.9 Å². The van der Waals surface area contributed by atoms with E-state index in [0.717, 1.165) is 24.3 Å². The van der Waals surface area contributed by atoms with Crippen molar-refractivity contribution >= 4 is 45.5 Å². The van der Waals surface area contributed by atoms with Crippen molar-refractivity contribution in [3.8, 4) is 23.0 Å². The SMILES string of the molecule is CN=C(N)NC(=O)c1cc2c(C(F)(F)F)cc(Oc3ccccc3CN)cc2[nH]1.CN=C(N)NC(=O)c1cc2c(C(F)(F)F)ccc(Oc3ccccc3CN)c2[nH]1. The third kappa shape index (κ3) is 9.65. The van der Waals surface area contributed by atoms with Crippen LogP contribution in [0.1, 0.15) is 43.2 Å². The maximum Gasteiger partial charge on any atom is 0.417 e. The van der Waals surface area contributed by atoms with Gasteiger partial charge in [0.1, 0.15) is 28.6 Å². The largest absolute Gasteiger partial charge is 0.457 e. The highest BCUT2D eigenvalue weighted by Gasteiger charge is 2.35. The first-order chi connectivity index (χ1) is 27.5. The van der Waals surface area contributed by atoms with E-state index in [1.54, 1.807) is 48.5 Å². The molecule has 14 nitrogen and oxygen atoms in total. The molecule has 58 heavy (non-hydrogen) atoms. The van der Waals surface area contributed by atoms with E-state index in [0.29, 0.717) is 22.6 Å². The Hall–Kier alpha value is -7.06. The average Bonchev–Trinajstić information content (AvgIpc) is 3.83. The van der Waals surface area contributed by atoms with Gasteiger partial charge in [-0.1, -0.05) is 36.4 Å². The number of halogens is 6. The van der Waals surface area contributed by atoms with Gasteiger partial charge in [-0.15, -0.1) is 0 Å². The molecule has 304 valence electrons. The number of benzene rings is 4. The molecular formula is C38H36F6N10O4. The standard InChI is InChI=1S/2C19H18F3N5O2/c1-25-18(24)27-17(28)15-8-12-13(19(20,21)22)6-11(7-14(12)26-15)29-16-5-3-2-4-10(16)9-23;1-25-18(24)27-17(28)13-8-11-12(19(20,21)22)6-7-15(16(11)26-13)29-14-5-3-2-4-10(14)9-23/h2*2-8,26H,9,23H2,1H3,(H3,24,25,27,28). The van der Waals surface area contributed by atoms with Crippen molar-refractivity contribution in [1.82, 2.24) is 20.6 Å². The maximum absolute atomic E-state index is 13.6. The van der Waals surface area contributed by atoms with Gasteiger partial charge in [0, 0.05) is 55.2 Å². The number of nitrogens with two attached hydrogens (primary N) is 4. The van der Waals surface area contributed by atoms with Crippen LogP contribution in [0.4, 0.5) is 26.3 Å². The van der Waals surface area contributed by atoms with Crippen molar-refractivity contribution in [1.29, 1.82) is 0 Å². The lowest BCUT2D eigenvalue weighted by atomic mass is 10.1. The van der Waals surface area contributed by atoms with E-state index < -0.39 is 35.3 Å². The number of nitrogens with zero attached hydrogens (tertiary/aromatic N) is 2. The molecule has 6 rings (SSSR count). The number of H-pyrrole nitrogens is 2. The van der Waals surface area contributed by atoms with Gasteiger partial charge in [-0.3, -0.25) is 30.2 Å². The summed E-state index contributed by atoms with van der Waals surface area (Å²) in [5.41, 5.74) is 21.6. The number of aromatic amines is 2. The summed E-state index contributed by atoms with van der Waals surface area (Å²) in [6.45, 7) is 0.353. The minimum Gasteiger partial charge on any atom is -0.457 e. The number of nitrogens with one attached hydrogen (secondary N) is 4. The van der Waals surface area contributed by atoms with Crippen molar-refractivity contribution in [3.63, 3.8) is 0 Å². The van der Waals surface area contributed by atoms with Crippen LogP contribution in [0.5, 0.6) is 23.0 Å². The molecule has 12 N–H and O–H groups in total. The number of rotatable bonds is 8. The summed E-state index contributed by atoms with van der Waals surface area (Å²) in [7, 11) is 2.73. The summed E-state index contributed by atoms with van der Waals surface area (Å²) >= 11 is 0. The molecule has 0 aliphatic rings. The number of ether oxygens (including phenoxy) is 2. The number of alkyl halides is 6. The molecule has 0 aliphatic heterocycles. The molecule has 2 aromatic heterocycles. The highest BCUT2D eigenvalue weighted by atomic mass is 19.4. The van der Waals surface area contributed by atoms with Crippen LogP contribution in [-0.4, -0.2) is 47.8 Å². The van der Waals surface area contributed by atoms with E-state index in [4.69, 9.17) is 32.4 Å². The Labute approximate surface area is 325 Å². The number of carbonyl (C=O) groups is 2. The predicted octanol–water partition coefficient (Wildman–Crippen LogP) is 6.22. The van der Waals surface area contributed by atoms with Crippen LogP contribution in [-0.2, 0) is 25.4 Å². The molecule has 0 radical (unpaired) electrons. The number of hydrogen-bond donors (Lipinski definition) is 8. The second-order valence-electron chi connectivity index (χ2n) is 12.1. The van der Waals surface area contributed by atoms with E-state index in [1.165, 1.54) is 26.2 Å². The summed E-state index contributed by atoms with van der Waals surface area (Å²) in [4.78, 5) is 37.0. The van der Waals surface area contributed by atoms with Gasteiger partial charge in [0.2, 0.25) is 0 Å². The quantitative estimate of drug-likeness (QED) is 0.0498. The minimum absolute atomic E-state index is 0.0174. The third-order valence-corrected chi connectivity index (χ3v) is 8.37. The summed E-state index contributed by atoms with van der Waals surface area (Å²) in [6, 6.07) is 20.2. The first kappa shape index (κ1) is 42.1. The number of aromatic nitrogens is 2. The second kappa shape index (κ2) is 17.4. The second-order valence-corrected chi connectivity index (χ2v) is 12.1. The lowest BCUT2D eigenvalue weighted by Crippen LogP contribution is -2.36. The number of aliphatic imine (C=N–C) groups is 2. The molecular weight excluding hydrogens is 774 g/mol. The molecule has 0 bridgehead atoms. The molecule has 0 spiro atoms. The van der Waals surface area contributed by atoms with Crippen LogP contribution in [0.25, 0.3) is 21.8 Å². The third-order valence-electron chi connectivity index (χ3n) is 8.37. The maximum atomic E-state index is 13.6. The molecule has 0 unspecified atom stereocenters. The lowest BCUT2D eigenvalue weighted by Gasteiger charge is -2.13. The van der Waals surface area contributed by atoms with Crippen LogP contribution in [0, 0.1) is 0 Å². The minimum atomic E-state index is -4.66. The van der Waals surface area contributed by atoms with Crippen molar-refractivity contribution in [2.24, 2.45) is 32.9 Å². The molecule has 6 aromatic rings. The number of carbonyl (C=O) groups excluding carboxylic acids is 2. The summed E-state index contributed by atoms with van der Waals surface area (Å²) < 4.78 is 92.7. The van der Waals surface area contributed by atoms with Crippen LogP contribution >= 0.6 is 0 Å². The molecule has 4 aromatic carbocycles. The first-order valence-electron chi connectivity index (χ1n) is 16.9. The number of hydrogen-bond acceptors (Lipinski definition) is 8. The van der Waals surface area contributed by atoms with Gasteiger partial charge < -0.3 is 42.4 Å². The molecule has 0 aliphatic carbocycles. The Bertz CT molecular complexity index is 2530. The Morgan fingerprint density at radius 1 is 0.638 bits per heavy atom. The van der Waals surface area contributed by atoms with E-state index in [9.17, 15) is 35.9 Å². The summed E-state index contributed by atoms with van der Waals surface area (Å²) in [6.07, 6.45) is -9.28. The molecule has 20 heteroatoms. The average molecular weight is 811 g/mol. The topological polar surface area (TPSA) is 237 Å². The fourth-order valence-electron chi connectivity index (χ4n) is 5.54. The van der Waals surface area contributed by atoms with Gasteiger partial charge in [-0.25, -0.2) is 0 Å². The Morgan fingerprint density at radius 2 is 1.14 bits per heavy atom. The zero-order chi connectivity index (χ0) is 42.4. The Balaban J connectivity index is 0.000000221. The van der Waals surface area contributed by atoms with Crippen molar-refractivity contribution in [3.05, 3.63) is 119 Å². The van der Waals surface area contributed by atoms with Crippen molar-refractivity contribution in [2.45, 2.75) is 25.4 Å². The highest BCUT2D eigenvalue weighted by Crippen LogP contribution is 2.41. The zero-order valence-electron chi connectivity index (χ0n) is 30.6. The molecule has 2 amide bonds.